The molecule has 2 saturated carbocycles. The van der Waals surface area contributed by atoms with Gasteiger partial charge in [-0.25, -0.2) is 18.7 Å². The van der Waals surface area contributed by atoms with E-state index in [1.807, 2.05) is 0 Å². The first-order chi connectivity index (χ1) is 29.1. The van der Waals surface area contributed by atoms with Crippen molar-refractivity contribution in [2.24, 2.45) is 35.1 Å². The lowest BCUT2D eigenvalue weighted by atomic mass is 9.90. The fourth-order valence-electron chi connectivity index (χ4n) is 9.98. The van der Waals surface area contributed by atoms with Gasteiger partial charge < -0.3 is 20.9 Å². The number of halogens is 2. The number of nitrogens with zero attached hydrogens (tertiary/aromatic N) is 4. The van der Waals surface area contributed by atoms with Crippen LogP contribution in [0, 0.1) is 35.3 Å². The van der Waals surface area contributed by atoms with Crippen molar-refractivity contribution in [1.29, 1.82) is 0 Å². The van der Waals surface area contributed by atoms with Gasteiger partial charge in [-0.2, -0.15) is 0 Å². The van der Waals surface area contributed by atoms with Crippen LogP contribution in [0.5, 0.6) is 0 Å². The standard InChI is InChI=1S/2C24H28FN3O2/c2*25-18-5-3-16(4-6-18)20-12-21(24(26)29)27-22-14-28(9-7-19(20)22)13-15-8-10-30-23(11-15)17-1-2-17/h2*3-6,12,15,17,23H,1-2,7-11,13-14H2,(H2,26,29)/t2*15-,23+/m10/s1. The molecule has 316 valence electrons. The van der Waals surface area contributed by atoms with Crippen molar-refractivity contribution in [3.63, 3.8) is 0 Å². The van der Waals surface area contributed by atoms with Crippen molar-refractivity contribution < 1.29 is 27.8 Å². The highest BCUT2D eigenvalue weighted by Crippen LogP contribution is 2.41. The monoisotopic (exact) mass is 818 g/mol. The summed E-state index contributed by atoms with van der Waals surface area (Å²) in [6.45, 7) is 7.19. The third-order valence-electron chi connectivity index (χ3n) is 13.5. The van der Waals surface area contributed by atoms with Gasteiger partial charge in [-0.15, -0.1) is 0 Å². The van der Waals surface area contributed by atoms with E-state index in [4.69, 9.17) is 20.9 Å². The number of fused-ring (bicyclic) bond motifs is 2. The van der Waals surface area contributed by atoms with Gasteiger partial charge in [0.15, 0.2) is 0 Å². The molecule has 6 heterocycles. The number of nitrogens with two attached hydrogens (primary N) is 2. The summed E-state index contributed by atoms with van der Waals surface area (Å²) in [6.07, 6.45) is 12.4. The number of amides is 2. The quantitative estimate of drug-likeness (QED) is 0.173. The summed E-state index contributed by atoms with van der Waals surface area (Å²) in [4.78, 5) is 37.9. The Hall–Kier alpha value is -4.62. The highest BCUT2D eigenvalue weighted by Gasteiger charge is 2.38. The largest absolute Gasteiger partial charge is 0.378 e. The van der Waals surface area contributed by atoms with Gasteiger partial charge in [-0.05, 0) is 158 Å². The molecule has 4 N–H and O–H groups in total. The molecule has 10 rings (SSSR count). The predicted molar refractivity (Wildman–Crippen MR) is 225 cm³/mol. The maximum absolute atomic E-state index is 13.4. The Morgan fingerprint density at radius 2 is 1.02 bits per heavy atom. The van der Waals surface area contributed by atoms with E-state index in [9.17, 15) is 18.4 Å². The molecule has 2 saturated heterocycles. The van der Waals surface area contributed by atoms with Crippen LogP contribution in [0.2, 0.25) is 0 Å². The van der Waals surface area contributed by atoms with Crippen molar-refractivity contribution in [2.45, 2.75) is 89.5 Å². The van der Waals surface area contributed by atoms with Gasteiger partial charge >= 0.3 is 0 Å². The lowest BCUT2D eigenvalue weighted by Crippen LogP contribution is -2.39. The first-order valence-electron chi connectivity index (χ1n) is 22.0. The summed E-state index contributed by atoms with van der Waals surface area (Å²) in [6, 6.07) is 16.3. The van der Waals surface area contributed by atoms with Crippen LogP contribution in [0.4, 0.5) is 8.78 Å². The first-order valence-corrected chi connectivity index (χ1v) is 22.0. The molecule has 4 aliphatic heterocycles. The van der Waals surface area contributed by atoms with Gasteiger partial charge in [0.1, 0.15) is 23.0 Å². The van der Waals surface area contributed by atoms with Gasteiger partial charge in [0, 0.05) is 52.5 Å². The minimum atomic E-state index is -0.532. The number of hydrogen-bond donors (Lipinski definition) is 2. The molecule has 2 aromatic carbocycles. The zero-order valence-corrected chi connectivity index (χ0v) is 34.3. The number of aromatic nitrogens is 2. The van der Waals surface area contributed by atoms with Crippen LogP contribution >= 0.6 is 0 Å². The second-order valence-corrected chi connectivity index (χ2v) is 17.9. The molecular weight excluding hydrogens is 763 g/mol. The van der Waals surface area contributed by atoms with Crippen LogP contribution in [-0.2, 0) is 35.4 Å². The number of carbonyl (C=O) groups excluding carboxylic acids is 2. The van der Waals surface area contributed by atoms with Crippen LogP contribution in [0.15, 0.2) is 60.7 Å². The summed E-state index contributed by atoms with van der Waals surface area (Å²) in [5, 5.41) is 0. The Morgan fingerprint density at radius 1 is 0.617 bits per heavy atom. The second-order valence-electron chi connectivity index (χ2n) is 17.9. The average molecular weight is 819 g/mol. The van der Waals surface area contributed by atoms with E-state index in [-0.39, 0.29) is 23.0 Å². The van der Waals surface area contributed by atoms with Crippen LogP contribution in [0.3, 0.4) is 0 Å². The van der Waals surface area contributed by atoms with Crippen LogP contribution < -0.4 is 11.5 Å². The molecule has 2 aromatic heterocycles. The first kappa shape index (κ1) is 40.8. The Balaban J connectivity index is 0.000000154. The highest BCUT2D eigenvalue weighted by molar-refractivity contribution is 5.93. The Bertz CT molecular complexity index is 2040. The summed E-state index contributed by atoms with van der Waals surface area (Å²) in [5.41, 5.74) is 19.5. The zero-order valence-electron chi connectivity index (χ0n) is 34.3. The van der Waals surface area contributed by atoms with Crippen LogP contribution in [-0.4, -0.2) is 83.2 Å². The van der Waals surface area contributed by atoms with Crippen LogP contribution in [0.25, 0.3) is 22.3 Å². The fraction of sp³-hybridized carbons (Fsp3) is 0.500. The molecule has 6 aliphatic rings. The van der Waals surface area contributed by atoms with Gasteiger partial charge in [0.2, 0.25) is 0 Å². The van der Waals surface area contributed by atoms with Gasteiger partial charge in [-0.1, -0.05) is 24.3 Å². The molecule has 2 aliphatic carbocycles. The molecule has 2 amide bonds. The SMILES string of the molecule is NC(=O)c1cc(-c2ccc(F)cc2)c2c(n1)CN(C[C@@H]1CCO[C@H](C3CC3)C1)CC2.NC(=O)c1cc(-c2ccc(F)cc2)c2c(n1)CN(C[C@H]1CCO[C@@H](C3CC3)C1)CC2. The summed E-state index contributed by atoms with van der Waals surface area (Å²) in [7, 11) is 0. The third kappa shape index (κ3) is 9.62. The molecular formula is C48H56F2N6O4. The fourth-order valence-corrected chi connectivity index (χ4v) is 9.98. The molecule has 10 nitrogen and oxygen atoms in total. The van der Waals surface area contributed by atoms with E-state index in [0.29, 0.717) is 24.0 Å². The average Bonchev–Trinajstić information content (AvgIpc) is 4.19. The van der Waals surface area contributed by atoms with E-state index in [0.717, 1.165) is 148 Å². The summed E-state index contributed by atoms with van der Waals surface area (Å²) in [5.74, 6) is 1.27. The minimum Gasteiger partial charge on any atom is -0.378 e. The lowest BCUT2D eigenvalue weighted by Gasteiger charge is -2.36. The van der Waals surface area contributed by atoms with Crippen molar-refractivity contribution in [1.82, 2.24) is 19.8 Å². The normalized spacial score (nSPS) is 24.4. The number of ether oxygens (including phenoxy) is 2. The Morgan fingerprint density at radius 3 is 1.38 bits per heavy atom. The van der Waals surface area contributed by atoms with Gasteiger partial charge in [0.05, 0.1) is 23.6 Å². The van der Waals surface area contributed by atoms with E-state index >= 15 is 0 Å². The number of rotatable bonds is 10. The summed E-state index contributed by atoms with van der Waals surface area (Å²) < 4.78 is 38.8. The van der Waals surface area contributed by atoms with Gasteiger partial charge in [0.25, 0.3) is 11.8 Å². The van der Waals surface area contributed by atoms with Crippen molar-refractivity contribution >= 4 is 11.8 Å². The molecule has 4 aromatic rings. The predicted octanol–water partition coefficient (Wildman–Crippen LogP) is 7.10. The van der Waals surface area contributed by atoms with E-state index < -0.39 is 11.8 Å². The lowest BCUT2D eigenvalue weighted by molar-refractivity contribution is -0.0287. The zero-order chi connectivity index (χ0) is 41.3. The second kappa shape index (κ2) is 17.8. The van der Waals surface area contributed by atoms with Gasteiger partial charge in [-0.3, -0.25) is 19.4 Å². The molecule has 60 heavy (non-hydrogen) atoms. The topological polar surface area (TPSA) is 137 Å². The Kier molecular flexibility index (Phi) is 12.1. The smallest absolute Gasteiger partial charge is 0.267 e. The Labute approximate surface area is 351 Å². The summed E-state index contributed by atoms with van der Waals surface area (Å²) >= 11 is 0. The molecule has 12 heteroatoms. The molecule has 4 atom stereocenters. The number of carbonyl (C=O) groups is 2. The molecule has 0 bridgehead atoms. The molecule has 0 unspecified atom stereocenters. The maximum atomic E-state index is 13.4. The molecule has 4 fully saturated rings. The number of pyridine rings is 2. The van der Waals surface area contributed by atoms with Crippen LogP contribution in [0.1, 0.15) is 94.9 Å². The minimum absolute atomic E-state index is 0.273. The maximum Gasteiger partial charge on any atom is 0.267 e. The number of benzene rings is 2. The molecule has 0 spiro atoms. The third-order valence-corrected chi connectivity index (χ3v) is 13.5. The highest BCUT2D eigenvalue weighted by atomic mass is 19.1. The van der Waals surface area contributed by atoms with Crippen molar-refractivity contribution in [2.75, 3.05) is 39.4 Å². The van der Waals surface area contributed by atoms with E-state index in [1.54, 1.807) is 36.4 Å². The van der Waals surface area contributed by atoms with Crippen molar-refractivity contribution in [3.05, 3.63) is 106 Å². The van der Waals surface area contributed by atoms with E-state index in [1.165, 1.54) is 49.9 Å². The number of primary amides is 2. The number of hydrogen-bond acceptors (Lipinski definition) is 8. The van der Waals surface area contributed by atoms with E-state index in [2.05, 4.69) is 19.8 Å². The molecule has 0 radical (unpaired) electrons. The van der Waals surface area contributed by atoms with Crippen molar-refractivity contribution in [3.8, 4) is 22.3 Å².